The van der Waals surface area contributed by atoms with Gasteiger partial charge in [-0.2, -0.15) is 0 Å². The molecule has 236 valence electrons. The minimum Gasteiger partial charge on any atom is -0.469 e. The Kier molecular flexibility index (Phi) is 12.7. The molecule has 2 fully saturated rings. The summed E-state index contributed by atoms with van der Waals surface area (Å²) in [6.45, 7) is 6.27. The van der Waals surface area contributed by atoms with E-state index >= 15 is 0 Å². The van der Waals surface area contributed by atoms with Crippen LogP contribution in [0.1, 0.15) is 54.4 Å². The molecule has 2 aliphatic rings. The molecule has 0 spiro atoms. The largest absolute Gasteiger partial charge is 0.469 e. The molecule has 1 N–H and O–H groups in total. The summed E-state index contributed by atoms with van der Waals surface area (Å²) in [5, 5.41) is 2.65. The van der Waals surface area contributed by atoms with E-state index in [-0.39, 0.29) is 12.8 Å². The van der Waals surface area contributed by atoms with Gasteiger partial charge in [-0.1, -0.05) is 0 Å². The van der Waals surface area contributed by atoms with Gasteiger partial charge in [-0.05, 0) is 6.42 Å². The highest BCUT2D eigenvalue weighted by Crippen LogP contribution is 2.35. The Morgan fingerprint density at radius 3 is 1.76 bits per heavy atom. The highest BCUT2D eigenvalue weighted by Gasteiger charge is 2.55. The van der Waals surface area contributed by atoms with Gasteiger partial charge in [-0.3, -0.25) is 33.6 Å². The van der Waals surface area contributed by atoms with Gasteiger partial charge in [0.1, 0.15) is 18.8 Å². The number of carbonyl (C=O) groups excluding carboxylic acids is 7. The highest BCUT2D eigenvalue weighted by molar-refractivity contribution is 5.77. The van der Waals surface area contributed by atoms with Crippen LogP contribution in [0.3, 0.4) is 0 Å². The smallest absolute Gasteiger partial charge is 0.310 e. The lowest BCUT2D eigenvalue weighted by molar-refractivity contribution is -0.322. The molecule has 0 bridgehead atoms. The Balaban J connectivity index is 2.59. The number of ether oxygens (including phenoxy) is 8. The average Bonchev–Trinajstić information content (AvgIpc) is 2.85. The molecular weight excluding hydrogens is 566 g/mol. The zero-order chi connectivity index (χ0) is 31.7. The summed E-state index contributed by atoms with van der Waals surface area (Å²) >= 11 is 0. The van der Waals surface area contributed by atoms with Gasteiger partial charge in [-0.25, -0.2) is 0 Å². The standard InChI is InChI=1S/C26H37NO15/c1-11(28)27-21-18(25(34)35-7)8-17(37-13(3)30)9-19(21)41-26-24(40-16(6)33)23(39-15(5)32)22(38-14(4)31)20(42-26)10-36-12(2)29/h17-24,26H,8-10H2,1-7H3,(H,27,28)/t17-,18+,19-,20+,21-,22+,23-,24+,26+/m0/s1. The summed E-state index contributed by atoms with van der Waals surface area (Å²) in [6, 6.07) is -1.03. The van der Waals surface area contributed by atoms with Crippen LogP contribution in [0.4, 0.5) is 0 Å². The molecule has 9 atom stereocenters. The maximum atomic E-state index is 12.7. The molecular formula is C26H37NO15. The van der Waals surface area contributed by atoms with Gasteiger partial charge >= 0.3 is 35.8 Å². The van der Waals surface area contributed by atoms with E-state index < -0.39 is 103 Å². The fourth-order valence-electron chi connectivity index (χ4n) is 4.95. The van der Waals surface area contributed by atoms with Crippen LogP contribution in [0.2, 0.25) is 0 Å². The molecule has 0 aromatic rings. The van der Waals surface area contributed by atoms with Crippen molar-refractivity contribution in [2.24, 2.45) is 5.92 Å². The minimum atomic E-state index is -1.60. The van der Waals surface area contributed by atoms with E-state index in [1.54, 1.807) is 0 Å². The summed E-state index contributed by atoms with van der Waals surface area (Å²) < 4.78 is 43.7. The Labute approximate surface area is 241 Å². The third-order valence-electron chi connectivity index (χ3n) is 6.31. The predicted molar refractivity (Wildman–Crippen MR) is 135 cm³/mol. The molecule has 42 heavy (non-hydrogen) atoms. The third kappa shape index (κ3) is 9.94. The molecule has 1 heterocycles. The average molecular weight is 604 g/mol. The first kappa shape index (κ1) is 34.4. The molecule has 0 radical (unpaired) electrons. The molecule has 1 saturated carbocycles. The lowest BCUT2D eigenvalue weighted by atomic mass is 9.80. The third-order valence-corrected chi connectivity index (χ3v) is 6.31. The van der Waals surface area contributed by atoms with E-state index in [2.05, 4.69) is 5.32 Å². The van der Waals surface area contributed by atoms with Gasteiger partial charge in [0.05, 0.1) is 25.2 Å². The van der Waals surface area contributed by atoms with Crippen molar-refractivity contribution in [3.05, 3.63) is 0 Å². The van der Waals surface area contributed by atoms with Crippen LogP contribution in [0.5, 0.6) is 0 Å². The summed E-state index contributed by atoms with van der Waals surface area (Å²) in [5.41, 5.74) is 0. The van der Waals surface area contributed by atoms with Crippen LogP contribution in [-0.2, 0) is 71.5 Å². The fourth-order valence-corrected chi connectivity index (χ4v) is 4.95. The van der Waals surface area contributed by atoms with Gasteiger partial charge in [0, 0.05) is 48.0 Å². The van der Waals surface area contributed by atoms with Crippen molar-refractivity contribution >= 4 is 41.7 Å². The van der Waals surface area contributed by atoms with Crippen LogP contribution in [0, 0.1) is 5.92 Å². The number of amides is 1. The van der Waals surface area contributed by atoms with Gasteiger partial charge in [0.2, 0.25) is 5.91 Å². The van der Waals surface area contributed by atoms with Crippen molar-refractivity contribution in [1.82, 2.24) is 5.32 Å². The second kappa shape index (κ2) is 15.4. The summed E-state index contributed by atoms with van der Waals surface area (Å²) in [5.74, 6) is -6.10. The zero-order valence-electron chi connectivity index (χ0n) is 24.4. The Hall–Kier alpha value is -3.79. The van der Waals surface area contributed by atoms with E-state index in [1.165, 1.54) is 13.8 Å². The van der Waals surface area contributed by atoms with Crippen LogP contribution >= 0.6 is 0 Å². The van der Waals surface area contributed by atoms with E-state index in [0.29, 0.717) is 0 Å². The van der Waals surface area contributed by atoms with E-state index in [0.717, 1.165) is 34.8 Å². The van der Waals surface area contributed by atoms with Crippen molar-refractivity contribution in [3.8, 4) is 0 Å². The fraction of sp³-hybridized carbons (Fsp3) is 0.731. The summed E-state index contributed by atoms with van der Waals surface area (Å²) in [7, 11) is 1.15. The summed E-state index contributed by atoms with van der Waals surface area (Å²) in [4.78, 5) is 84.4. The normalized spacial score (nSPS) is 30.6. The molecule has 16 heteroatoms. The molecule has 0 unspecified atom stereocenters. The quantitative estimate of drug-likeness (QED) is 0.246. The second-order valence-corrected chi connectivity index (χ2v) is 9.80. The second-order valence-electron chi connectivity index (χ2n) is 9.80. The number of rotatable bonds is 10. The van der Waals surface area contributed by atoms with Crippen molar-refractivity contribution in [3.63, 3.8) is 0 Å². The Bertz CT molecular complexity index is 1040. The minimum absolute atomic E-state index is 0.00433. The molecule has 1 saturated heterocycles. The molecule has 0 aromatic heterocycles. The topological polar surface area (TPSA) is 205 Å². The van der Waals surface area contributed by atoms with Gasteiger partial charge in [0.15, 0.2) is 24.6 Å². The number of nitrogens with one attached hydrogen (secondary N) is 1. The summed E-state index contributed by atoms with van der Waals surface area (Å²) in [6.07, 6.45) is -9.39. The van der Waals surface area contributed by atoms with Crippen LogP contribution < -0.4 is 5.32 Å². The van der Waals surface area contributed by atoms with Crippen LogP contribution in [0.25, 0.3) is 0 Å². The van der Waals surface area contributed by atoms with Crippen LogP contribution in [-0.4, -0.2) is 104 Å². The molecule has 1 aliphatic heterocycles. The number of hydrogen-bond donors (Lipinski definition) is 1. The van der Waals surface area contributed by atoms with Gasteiger partial charge in [-0.15, -0.1) is 0 Å². The first-order chi connectivity index (χ1) is 19.6. The zero-order valence-corrected chi connectivity index (χ0v) is 24.4. The predicted octanol–water partition coefficient (Wildman–Crippen LogP) is -0.526. The van der Waals surface area contributed by atoms with E-state index in [1.807, 2.05) is 0 Å². The molecule has 16 nitrogen and oxygen atoms in total. The molecule has 0 aromatic carbocycles. The SMILES string of the molecule is COC(=O)[C@@H]1C[C@H](OC(C)=O)C[C@H](O[C@@H]2O[C@H](COC(C)=O)[C@@H](OC(C)=O)[C@H](OC(C)=O)[C@H]2OC(C)=O)[C@H]1NC(C)=O. The number of esters is 6. The molecule has 2 rings (SSSR count). The lowest BCUT2D eigenvalue weighted by Crippen LogP contribution is -2.65. The van der Waals surface area contributed by atoms with E-state index in [4.69, 9.17) is 37.9 Å². The molecule has 1 aliphatic carbocycles. The van der Waals surface area contributed by atoms with Gasteiger partial charge in [0.25, 0.3) is 0 Å². The van der Waals surface area contributed by atoms with Crippen LogP contribution in [0.15, 0.2) is 0 Å². The van der Waals surface area contributed by atoms with Crippen molar-refractivity contribution < 1.29 is 71.5 Å². The van der Waals surface area contributed by atoms with Crippen molar-refractivity contribution in [2.45, 2.75) is 103 Å². The Morgan fingerprint density at radius 2 is 1.26 bits per heavy atom. The number of hydrogen-bond acceptors (Lipinski definition) is 15. The Morgan fingerprint density at radius 1 is 0.714 bits per heavy atom. The first-order valence-corrected chi connectivity index (χ1v) is 13.1. The highest BCUT2D eigenvalue weighted by atomic mass is 16.7. The lowest BCUT2D eigenvalue weighted by Gasteiger charge is -2.47. The number of methoxy groups -OCH3 is 1. The maximum Gasteiger partial charge on any atom is 0.310 e. The number of carbonyl (C=O) groups is 7. The van der Waals surface area contributed by atoms with Crippen molar-refractivity contribution in [1.29, 1.82) is 0 Å². The molecule has 1 amide bonds. The monoisotopic (exact) mass is 603 g/mol. The maximum absolute atomic E-state index is 12.7. The van der Waals surface area contributed by atoms with E-state index in [9.17, 15) is 33.6 Å². The van der Waals surface area contributed by atoms with Crippen molar-refractivity contribution in [2.75, 3.05) is 13.7 Å². The first-order valence-electron chi connectivity index (χ1n) is 13.1. The van der Waals surface area contributed by atoms with Gasteiger partial charge < -0.3 is 43.2 Å².